The van der Waals surface area contributed by atoms with Crippen molar-refractivity contribution in [3.8, 4) is 0 Å². The minimum atomic E-state index is -0.235. The van der Waals surface area contributed by atoms with E-state index in [1.54, 1.807) is 0 Å². The summed E-state index contributed by atoms with van der Waals surface area (Å²) in [5.74, 6) is 0.155. The molecule has 5 heteroatoms. The molecule has 1 unspecified atom stereocenters. The first-order chi connectivity index (χ1) is 8.58. The fourth-order valence-corrected chi connectivity index (χ4v) is 3.02. The van der Waals surface area contributed by atoms with Crippen molar-refractivity contribution in [1.82, 2.24) is 4.90 Å². The molecule has 2 rings (SSSR count). The Hall–Kier alpha value is -0.490. The van der Waals surface area contributed by atoms with Gasteiger partial charge in [0.25, 0.3) is 0 Å². The Morgan fingerprint density at radius 2 is 2.11 bits per heavy atom. The second kappa shape index (κ2) is 6.10. The highest BCUT2D eigenvalue weighted by molar-refractivity contribution is 14.1. The Balaban J connectivity index is 2.01. The minimum absolute atomic E-state index is 0.155. The molecule has 1 fully saturated rings. The molecule has 0 spiro atoms. The normalized spacial score (nSPS) is 16.7. The van der Waals surface area contributed by atoms with Crippen molar-refractivity contribution in [2.24, 2.45) is 0 Å². The molecule has 1 saturated heterocycles. The number of nitrogens with one attached hydrogen (secondary N) is 1. The lowest BCUT2D eigenvalue weighted by molar-refractivity contribution is -0.130. The fraction of sp³-hybridized carbons (Fsp3) is 0.462. The monoisotopic (exact) mass is 378 g/mol. The molecule has 0 aromatic heterocycles. The maximum absolute atomic E-state index is 12.1. The van der Waals surface area contributed by atoms with E-state index in [2.05, 4.69) is 27.9 Å². The summed E-state index contributed by atoms with van der Waals surface area (Å²) in [7, 11) is 0. The van der Waals surface area contributed by atoms with Gasteiger partial charge in [0.1, 0.15) is 6.04 Å². The molecule has 0 bridgehead atoms. The van der Waals surface area contributed by atoms with Crippen LogP contribution in [0.15, 0.2) is 18.2 Å². The summed E-state index contributed by atoms with van der Waals surface area (Å²) < 4.78 is 1.08. The number of hydrogen-bond donors (Lipinski definition) is 1. The van der Waals surface area contributed by atoms with E-state index in [0.29, 0.717) is 5.02 Å². The third-order valence-electron chi connectivity index (χ3n) is 3.09. The molecule has 1 aliphatic rings. The molecule has 1 aliphatic heterocycles. The quantitative estimate of drug-likeness (QED) is 0.818. The summed E-state index contributed by atoms with van der Waals surface area (Å²) in [5.41, 5.74) is 0.817. The number of benzene rings is 1. The minimum Gasteiger partial charge on any atom is -0.373 e. The van der Waals surface area contributed by atoms with E-state index in [1.807, 2.05) is 30.0 Å². The fourth-order valence-electron chi connectivity index (χ4n) is 2.11. The Bertz CT molecular complexity index is 447. The average molecular weight is 379 g/mol. The number of carbonyl (C=O) groups is 1. The van der Waals surface area contributed by atoms with Crippen LogP contribution in [0.4, 0.5) is 5.69 Å². The van der Waals surface area contributed by atoms with Gasteiger partial charge in [-0.25, -0.2) is 0 Å². The first-order valence-corrected chi connectivity index (χ1v) is 7.54. The van der Waals surface area contributed by atoms with Crippen molar-refractivity contribution in [1.29, 1.82) is 0 Å². The van der Waals surface area contributed by atoms with Gasteiger partial charge in [-0.05, 0) is 60.6 Å². The van der Waals surface area contributed by atoms with Crippen molar-refractivity contribution >= 4 is 45.8 Å². The highest BCUT2D eigenvalue weighted by Crippen LogP contribution is 2.24. The predicted molar refractivity (Wildman–Crippen MR) is 83.1 cm³/mol. The zero-order valence-corrected chi connectivity index (χ0v) is 13.2. The third-order valence-corrected chi connectivity index (χ3v) is 4.08. The van der Waals surface area contributed by atoms with E-state index in [4.69, 9.17) is 11.6 Å². The smallest absolute Gasteiger partial charge is 0.244 e. The lowest BCUT2D eigenvalue weighted by Gasteiger charge is -2.22. The molecule has 18 heavy (non-hydrogen) atoms. The summed E-state index contributed by atoms with van der Waals surface area (Å²) in [5, 5.41) is 3.84. The van der Waals surface area contributed by atoms with Gasteiger partial charge >= 0.3 is 0 Å². The molecular weight excluding hydrogens is 363 g/mol. The van der Waals surface area contributed by atoms with Crippen LogP contribution in [0, 0.1) is 3.57 Å². The lowest BCUT2D eigenvalue weighted by atomic mass is 10.2. The van der Waals surface area contributed by atoms with Crippen molar-refractivity contribution in [3.05, 3.63) is 26.8 Å². The zero-order chi connectivity index (χ0) is 13.1. The number of nitrogens with zero attached hydrogens (tertiary/aromatic N) is 1. The van der Waals surface area contributed by atoms with Crippen LogP contribution in [0.25, 0.3) is 0 Å². The number of halogens is 2. The molecule has 0 aliphatic carbocycles. The topological polar surface area (TPSA) is 32.3 Å². The van der Waals surface area contributed by atoms with E-state index in [-0.39, 0.29) is 11.9 Å². The number of rotatable bonds is 3. The average Bonchev–Trinajstić information content (AvgIpc) is 2.85. The standard InChI is InChI=1S/C13H16ClIN2O/c1-9(13(18)17-6-2-3-7-17)16-12-5-4-10(15)8-11(12)14/h4-5,8-9,16H,2-3,6-7H2,1H3. The maximum atomic E-state index is 12.1. The molecule has 3 nitrogen and oxygen atoms in total. The van der Waals surface area contributed by atoms with Gasteiger partial charge in [-0.2, -0.15) is 0 Å². The van der Waals surface area contributed by atoms with Crippen LogP contribution in [0.2, 0.25) is 5.02 Å². The van der Waals surface area contributed by atoms with Crippen LogP contribution >= 0.6 is 34.2 Å². The van der Waals surface area contributed by atoms with Crippen LogP contribution in [-0.4, -0.2) is 29.9 Å². The molecule has 1 aromatic carbocycles. The highest BCUT2D eigenvalue weighted by atomic mass is 127. The van der Waals surface area contributed by atoms with Gasteiger partial charge in [-0.1, -0.05) is 11.6 Å². The van der Waals surface area contributed by atoms with Gasteiger partial charge in [0.15, 0.2) is 0 Å². The molecule has 1 amide bonds. The van der Waals surface area contributed by atoms with Crippen LogP contribution in [-0.2, 0) is 4.79 Å². The molecule has 1 N–H and O–H groups in total. The lowest BCUT2D eigenvalue weighted by Crippen LogP contribution is -2.39. The van der Waals surface area contributed by atoms with Gasteiger partial charge in [-0.15, -0.1) is 0 Å². The van der Waals surface area contributed by atoms with Crippen LogP contribution in [0.1, 0.15) is 19.8 Å². The first-order valence-electron chi connectivity index (χ1n) is 6.08. The Morgan fingerprint density at radius 3 is 2.72 bits per heavy atom. The van der Waals surface area contributed by atoms with Crippen molar-refractivity contribution in [3.63, 3.8) is 0 Å². The van der Waals surface area contributed by atoms with E-state index < -0.39 is 0 Å². The first kappa shape index (κ1) is 13.9. The zero-order valence-electron chi connectivity index (χ0n) is 10.2. The molecular formula is C13H16ClIN2O. The summed E-state index contributed by atoms with van der Waals surface area (Å²) in [6, 6.07) is 5.54. The molecule has 0 radical (unpaired) electrons. The predicted octanol–water partition coefficient (Wildman–Crippen LogP) is 3.37. The van der Waals surface area contributed by atoms with Gasteiger partial charge in [-0.3, -0.25) is 4.79 Å². The van der Waals surface area contributed by atoms with E-state index in [0.717, 1.165) is 35.2 Å². The van der Waals surface area contributed by atoms with Gasteiger partial charge in [0.2, 0.25) is 5.91 Å². The summed E-state index contributed by atoms with van der Waals surface area (Å²) in [6.45, 7) is 3.64. The molecule has 98 valence electrons. The second-order valence-corrected chi connectivity index (χ2v) is 6.18. The molecule has 0 saturated carbocycles. The molecule has 1 atom stereocenters. The maximum Gasteiger partial charge on any atom is 0.244 e. The summed E-state index contributed by atoms with van der Waals surface area (Å²) >= 11 is 8.36. The number of likely N-dealkylation sites (tertiary alicyclic amines) is 1. The Morgan fingerprint density at radius 1 is 1.44 bits per heavy atom. The van der Waals surface area contributed by atoms with Crippen molar-refractivity contribution < 1.29 is 4.79 Å². The van der Waals surface area contributed by atoms with E-state index in [1.165, 1.54) is 0 Å². The summed E-state index contributed by atoms with van der Waals surface area (Å²) in [4.78, 5) is 14.1. The largest absolute Gasteiger partial charge is 0.373 e. The third kappa shape index (κ3) is 3.29. The van der Waals surface area contributed by atoms with Crippen molar-refractivity contribution in [2.45, 2.75) is 25.8 Å². The van der Waals surface area contributed by atoms with Gasteiger partial charge < -0.3 is 10.2 Å². The Kier molecular flexibility index (Phi) is 4.72. The number of amides is 1. The molecule has 1 aromatic rings. The highest BCUT2D eigenvalue weighted by Gasteiger charge is 2.23. The van der Waals surface area contributed by atoms with Crippen LogP contribution in [0.5, 0.6) is 0 Å². The molecule has 1 heterocycles. The number of anilines is 1. The Labute approximate surface area is 126 Å². The SMILES string of the molecule is CC(Nc1ccc(I)cc1Cl)C(=O)N1CCCC1. The number of hydrogen-bond acceptors (Lipinski definition) is 2. The summed E-state index contributed by atoms with van der Waals surface area (Å²) in [6.07, 6.45) is 2.23. The van der Waals surface area contributed by atoms with E-state index >= 15 is 0 Å². The van der Waals surface area contributed by atoms with Gasteiger partial charge in [0, 0.05) is 16.7 Å². The van der Waals surface area contributed by atoms with Crippen LogP contribution < -0.4 is 5.32 Å². The second-order valence-electron chi connectivity index (χ2n) is 4.52. The van der Waals surface area contributed by atoms with Crippen LogP contribution in [0.3, 0.4) is 0 Å². The van der Waals surface area contributed by atoms with Crippen molar-refractivity contribution in [2.75, 3.05) is 18.4 Å². The van der Waals surface area contributed by atoms with E-state index in [9.17, 15) is 4.79 Å². The van der Waals surface area contributed by atoms with Gasteiger partial charge in [0.05, 0.1) is 10.7 Å². The number of carbonyl (C=O) groups excluding carboxylic acids is 1.